The Hall–Kier alpha value is -1.89. The highest BCUT2D eigenvalue weighted by molar-refractivity contribution is 5.77. The zero-order valence-electron chi connectivity index (χ0n) is 15.4. The number of nitrogens with zero attached hydrogens (tertiary/aromatic N) is 4. The molecule has 1 aliphatic carbocycles. The number of likely N-dealkylation sites (tertiary alicyclic amines) is 1. The fraction of sp³-hybridized carbons (Fsp3) is 0.737. The highest BCUT2D eigenvalue weighted by Gasteiger charge is 2.43. The maximum absolute atomic E-state index is 12.3. The molecule has 1 amide bonds. The average Bonchev–Trinajstić information content (AvgIpc) is 3.48. The minimum absolute atomic E-state index is 0.0804. The molecule has 3 heterocycles. The minimum atomic E-state index is 0.0804. The third-order valence-corrected chi connectivity index (χ3v) is 5.98. The summed E-state index contributed by atoms with van der Waals surface area (Å²) in [7, 11) is 0. The van der Waals surface area contributed by atoms with Gasteiger partial charge in [-0.15, -0.1) is 0 Å². The number of aliphatic hydroxyl groups is 1. The van der Waals surface area contributed by atoms with Gasteiger partial charge in [-0.2, -0.15) is 0 Å². The van der Waals surface area contributed by atoms with Gasteiger partial charge in [0.2, 0.25) is 5.91 Å². The quantitative estimate of drug-likeness (QED) is 0.801. The molecule has 7 nitrogen and oxygen atoms in total. The fourth-order valence-electron chi connectivity index (χ4n) is 4.42. The number of aliphatic hydroxyl groups excluding tert-OH is 1. The molecule has 26 heavy (non-hydrogen) atoms. The van der Waals surface area contributed by atoms with E-state index in [4.69, 9.17) is 5.11 Å². The second-order valence-electron chi connectivity index (χ2n) is 8.15. The van der Waals surface area contributed by atoms with E-state index in [2.05, 4.69) is 25.1 Å². The Bertz CT molecular complexity index is 651. The molecule has 0 radical (unpaired) electrons. The predicted molar refractivity (Wildman–Crippen MR) is 100 cm³/mol. The molecule has 2 aliphatic heterocycles. The molecule has 3 fully saturated rings. The zero-order valence-corrected chi connectivity index (χ0v) is 15.4. The Balaban J connectivity index is 1.45. The van der Waals surface area contributed by atoms with Crippen molar-refractivity contribution < 1.29 is 9.90 Å². The number of nitrogens with one attached hydrogen (secondary N) is 1. The third-order valence-electron chi connectivity index (χ3n) is 5.98. The number of carbonyl (C=O) groups excluding carboxylic acids is 1. The predicted octanol–water partition coefficient (Wildman–Crippen LogP) is 1.50. The van der Waals surface area contributed by atoms with Gasteiger partial charge in [0, 0.05) is 50.6 Å². The van der Waals surface area contributed by atoms with Crippen LogP contribution in [0, 0.1) is 11.3 Å². The van der Waals surface area contributed by atoms with Gasteiger partial charge >= 0.3 is 0 Å². The SMILES string of the molecule is O=C1CC[C@]2(CCCN(c3cc(NCCO)ncn3)C2)CN1CC1CC1. The third kappa shape index (κ3) is 3.92. The molecule has 1 spiro atoms. The maximum Gasteiger partial charge on any atom is 0.222 e. The van der Waals surface area contributed by atoms with Crippen LogP contribution in [0.15, 0.2) is 12.4 Å². The van der Waals surface area contributed by atoms with Crippen molar-refractivity contribution in [1.29, 1.82) is 0 Å². The zero-order chi connectivity index (χ0) is 18.0. The Morgan fingerprint density at radius 2 is 2.15 bits per heavy atom. The van der Waals surface area contributed by atoms with Gasteiger partial charge in [0.05, 0.1) is 6.61 Å². The van der Waals surface area contributed by atoms with E-state index in [1.807, 2.05) is 6.07 Å². The Labute approximate surface area is 154 Å². The minimum Gasteiger partial charge on any atom is -0.395 e. The molecule has 0 bridgehead atoms. The largest absolute Gasteiger partial charge is 0.395 e. The van der Waals surface area contributed by atoms with Crippen molar-refractivity contribution in [2.24, 2.45) is 11.3 Å². The van der Waals surface area contributed by atoms with E-state index in [1.165, 1.54) is 19.3 Å². The number of amides is 1. The van der Waals surface area contributed by atoms with Crippen molar-refractivity contribution in [2.45, 2.75) is 38.5 Å². The second kappa shape index (κ2) is 7.39. The Morgan fingerprint density at radius 1 is 1.27 bits per heavy atom. The second-order valence-corrected chi connectivity index (χ2v) is 8.15. The summed E-state index contributed by atoms with van der Waals surface area (Å²) in [4.78, 5) is 25.5. The smallest absolute Gasteiger partial charge is 0.222 e. The van der Waals surface area contributed by atoms with Crippen LogP contribution in [0.1, 0.15) is 38.5 Å². The highest BCUT2D eigenvalue weighted by Crippen LogP contribution is 2.41. The van der Waals surface area contributed by atoms with Gasteiger partial charge in [-0.3, -0.25) is 4.79 Å². The molecule has 1 saturated carbocycles. The molecular weight excluding hydrogens is 330 g/mol. The summed E-state index contributed by atoms with van der Waals surface area (Å²) in [5.74, 6) is 2.77. The summed E-state index contributed by atoms with van der Waals surface area (Å²) in [6.07, 6.45) is 8.16. The first-order valence-corrected chi connectivity index (χ1v) is 9.87. The van der Waals surface area contributed by atoms with Crippen molar-refractivity contribution in [3.05, 3.63) is 12.4 Å². The van der Waals surface area contributed by atoms with Gasteiger partial charge in [-0.1, -0.05) is 0 Å². The summed E-state index contributed by atoms with van der Waals surface area (Å²) < 4.78 is 0. The van der Waals surface area contributed by atoms with E-state index in [0.717, 1.165) is 56.6 Å². The normalized spacial score (nSPS) is 26.4. The van der Waals surface area contributed by atoms with Gasteiger partial charge in [-0.25, -0.2) is 9.97 Å². The molecule has 1 atom stereocenters. The molecule has 3 aliphatic rings. The van der Waals surface area contributed by atoms with E-state index in [-0.39, 0.29) is 12.0 Å². The maximum atomic E-state index is 12.3. The van der Waals surface area contributed by atoms with E-state index >= 15 is 0 Å². The first-order chi connectivity index (χ1) is 12.7. The number of carbonyl (C=O) groups is 1. The lowest BCUT2D eigenvalue weighted by Crippen LogP contribution is -2.54. The molecule has 0 unspecified atom stereocenters. The number of hydrogen-bond donors (Lipinski definition) is 2. The highest BCUT2D eigenvalue weighted by atomic mass is 16.3. The molecular formula is C19H29N5O2. The van der Waals surface area contributed by atoms with E-state index in [9.17, 15) is 4.79 Å². The Kier molecular flexibility index (Phi) is 4.98. The van der Waals surface area contributed by atoms with Crippen LogP contribution >= 0.6 is 0 Å². The molecule has 2 saturated heterocycles. The fourth-order valence-corrected chi connectivity index (χ4v) is 4.42. The van der Waals surface area contributed by atoms with Crippen LogP contribution in [-0.4, -0.2) is 65.2 Å². The molecule has 0 aromatic carbocycles. The first kappa shape index (κ1) is 17.5. The number of hydrogen-bond acceptors (Lipinski definition) is 6. The van der Waals surface area contributed by atoms with Crippen molar-refractivity contribution in [1.82, 2.24) is 14.9 Å². The van der Waals surface area contributed by atoms with E-state index in [0.29, 0.717) is 18.9 Å². The van der Waals surface area contributed by atoms with E-state index in [1.54, 1.807) is 6.33 Å². The van der Waals surface area contributed by atoms with Crippen LogP contribution in [0.25, 0.3) is 0 Å². The van der Waals surface area contributed by atoms with Crippen molar-refractivity contribution >= 4 is 17.5 Å². The first-order valence-electron chi connectivity index (χ1n) is 9.87. The standard InChI is InChI=1S/C19H29N5O2/c25-9-7-20-16-10-17(22-14-21-16)23-8-1-5-19(12-23)6-4-18(26)24(13-19)11-15-2-3-15/h10,14-15,25H,1-9,11-13H2,(H,20,21,22)/t19-/m0/s1. The number of rotatable bonds is 6. The molecule has 2 N–H and O–H groups in total. The monoisotopic (exact) mass is 359 g/mol. The van der Waals surface area contributed by atoms with Crippen LogP contribution in [0.3, 0.4) is 0 Å². The van der Waals surface area contributed by atoms with Gasteiger partial charge in [0.15, 0.2) is 0 Å². The lowest BCUT2D eigenvalue weighted by molar-refractivity contribution is -0.138. The summed E-state index contributed by atoms with van der Waals surface area (Å²) in [5.41, 5.74) is 0.199. The summed E-state index contributed by atoms with van der Waals surface area (Å²) in [6, 6.07) is 1.96. The molecule has 4 rings (SSSR count). The summed E-state index contributed by atoms with van der Waals surface area (Å²) >= 11 is 0. The van der Waals surface area contributed by atoms with Crippen molar-refractivity contribution in [3.8, 4) is 0 Å². The molecule has 142 valence electrons. The number of piperidine rings is 2. The lowest BCUT2D eigenvalue weighted by atomic mass is 9.73. The average molecular weight is 359 g/mol. The van der Waals surface area contributed by atoms with E-state index < -0.39 is 0 Å². The molecule has 7 heteroatoms. The van der Waals surface area contributed by atoms with Crippen LogP contribution in [0.5, 0.6) is 0 Å². The summed E-state index contributed by atoms with van der Waals surface area (Å²) in [6.45, 7) is 4.38. The van der Waals surface area contributed by atoms with Gasteiger partial charge in [0.25, 0.3) is 0 Å². The van der Waals surface area contributed by atoms with Crippen LogP contribution in [0.2, 0.25) is 0 Å². The lowest BCUT2D eigenvalue weighted by Gasteiger charge is -2.48. The van der Waals surface area contributed by atoms with Gasteiger partial charge in [-0.05, 0) is 38.0 Å². The van der Waals surface area contributed by atoms with Gasteiger partial charge < -0.3 is 20.2 Å². The Morgan fingerprint density at radius 3 is 2.96 bits per heavy atom. The topological polar surface area (TPSA) is 81.6 Å². The molecule has 1 aromatic heterocycles. The van der Waals surface area contributed by atoms with Crippen molar-refractivity contribution in [3.63, 3.8) is 0 Å². The van der Waals surface area contributed by atoms with Crippen LogP contribution in [0.4, 0.5) is 11.6 Å². The number of aromatic nitrogens is 2. The summed E-state index contributed by atoms with van der Waals surface area (Å²) in [5, 5.41) is 12.1. The number of anilines is 2. The molecule has 1 aromatic rings. The van der Waals surface area contributed by atoms with Crippen LogP contribution < -0.4 is 10.2 Å². The van der Waals surface area contributed by atoms with Crippen LogP contribution in [-0.2, 0) is 4.79 Å². The van der Waals surface area contributed by atoms with Gasteiger partial charge in [0.1, 0.15) is 18.0 Å². The van der Waals surface area contributed by atoms with Crippen molar-refractivity contribution in [2.75, 3.05) is 49.5 Å².